The number of rotatable bonds is 7. The Morgan fingerprint density at radius 2 is 1.96 bits per heavy atom. The zero-order chi connectivity index (χ0) is 18.4. The van der Waals surface area contributed by atoms with E-state index in [-0.39, 0.29) is 18.2 Å². The van der Waals surface area contributed by atoms with Gasteiger partial charge in [-0.25, -0.2) is 9.97 Å². The molecule has 1 aromatic carbocycles. The molecule has 0 bridgehead atoms. The van der Waals surface area contributed by atoms with Crippen molar-refractivity contribution >= 4 is 28.7 Å². The number of pyridine rings is 1. The van der Waals surface area contributed by atoms with Crippen LogP contribution in [0.3, 0.4) is 0 Å². The van der Waals surface area contributed by atoms with Gasteiger partial charge in [0.05, 0.1) is 19.0 Å². The number of hydrogen-bond acceptors (Lipinski definition) is 7. The van der Waals surface area contributed by atoms with E-state index in [2.05, 4.69) is 15.3 Å². The Labute approximate surface area is 153 Å². The summed E-state index contributed by atoms with van der Waals surface area (Å²) in [4.78, 5) is 31.0. The van der Waals surface area contributed by atoms with Gasteiger partial charge in [-0.3, -0.25) is 14.9 Å². The average molecular weight is 369 g/mol. The Bertz CT molecular complexity index is 892. The Hall–Kier alpha value is -3.26. The molecule has 0 saturated carbocycles. The van der Waals surface area contributed by atoms with Crippen LogP contribution in [0.5, 0.6) is 11.5 Å². The lowest BCUT2D eigenvalue weighted by Gasteiger charge is -2.04. The molecule has 132 valence electrons. The first-order valence-corrected chi connectivity index (χ1v) is 8.51. The summed E-state index contributed by atoms with van der Waals surface area (Å²) in [5.41, 5.74) is 1.92. The number of anilines is 1. The van der Waals surface area contributed by atoms with Crippen LogP contribution >= 0.6 is 11.3 Å². The van der Waals surface area contributed by atoms with Crippen molar-refractivity contribution in [3.8, 4) is 22.8 Å². The van der Waals surface area contributed by atoms with Crippen LogP contribution in [0.2, 0.25) is 0 Å². The second-order valence-electron chi connectivity index (χ2n) is 5.08. The number of benzene rings is 1. The third-order valence-electron chi connectivity index (χ3n) is 3.40. The highest BCUT2D eigenvalue weighted by Gasteiger charge is 2.11. The van der Waals surface area contributed by atoms with Crippen molar-refractivity contribution in [2.24, 2.45) is 0 Å². The Balaban J connectivity index is 1.66. The maximum absolute atomic E-state index is 12.2. The van der Waals surface area contributed by atoms with E-state index in [9.17, 15) is 9.59 Å². The van der Waals surface area contributed by atoms with Gasteiger partial charge < -0.3 is 9.47 Å². The van der Waals surface area contributed by atoms with Gasteiger partial charge in [-0.15, -0.1) is 11.3 Å². The largest absolute Gasteiger partial charge is 0.497 e. The van der Waals surface area contributed by atoms with E-state index in [0.717, 1.165) is 17.0 Å². The van der Waals surface area contributed by atoms with E-state index in [1.807, 2.05) is 29.6 Å². The van der Waals surface area contributed by atoms with Gasteiger partial charge in [0, 0.05) is 10.9 Å². The van der Waals surface area contributed by atoms with Gasteiger partial charge in [0.25, 0.3) is 5.91 Å². The highest BCUT2D eigenvalue weighted by Crippen LogP contribution is 2.26. The lowest BCUT2D eigenvalue weighted by atomic mass is 10.2. The number of methoxy groups -OCH3 is 1. The van der Waals surface area contributed by atoms with E-state index in [1.54, 1.807) is 13.2 Å². The Morgan fingerprint density at radius 1 is 1.19 bits per heavy atom. The molecule has 0 saturated heterocycles. The molecule has 1 amide bonds. The predicted octanol–water partition coefficient (Wildman–Crippen LogP) is 3.04. The number of aromatic nitrogens is 2. The Kier molecular flexibility index (Phi) is 5.55. The van der Waals surface area contributed by atoms with Crippen LogP contribution in [0.15, 0.2) is 48.0 Å². The maximum Gasteiger partial charge on any atom is 0.276 e. The third kappa shape index (κ3) is 4.22. The summed E-state index contributed by atoms with van der Waals surface area (Å²) in [6.45, 7) is -0.0551. The molecule has 8 heteroatoms. The van der Waals surface area contributed by atoms with Gasteiger partial charge in [0.1, 0.15) is 23.8 Å². The average Bonchev–Trinajstić information content (AvgIpc) is 3.15. The minimum Gasteiger partial charge on any atom is -0.497 e. The molecule has 7 nitrogen and oxygen atoms in total. The van der Waals surface area contributed by atoms with Gasteiger partial charge in [-0.1, -0.05) is 0 Å². The monoisotopic (exact) mass is 369 g/mol. The van der Waals surface area contributed by atoms with E-state index in [1.165, 1.54) is 23.6 Å². The van der Waals surface area contributed by atoms with Crippen molar-refractivity contribution in [3.05, 3.63) is 53.7 Å². The van der Waals surface area contributed by atoms with Crippen molar-refractivity contribution in [2.75, 3.05) is 19.0 Å². The molecular weight excluding hydrogens is 354 g/mol. The zero-order valence-corrected chi connectivity index (χ0v) is 14.7. The van der Waals surface area contributed by atoms with E-state index >= 15 is 0 Å². The molecule has 0 atom stereocenters. The number of carbonyl (C=O) groups is 2. The lowest BCUT2D eigenvalue weighted by Crippen LogP contribution is -2.13. The van der Waals surface area contributed by atoms with Crippen molar-refractivity contribution < 1.29 is 19.1 Å². The van der Waals surface area contributed by atoms with Crippen LogP contribution in [0.4, 0.5) is 5.13 Å². The minimum absolute atomic E-state index is 0.0551. The smallest absolute Gasteiger partial charge is 0.276 e. The van der Waals surface area contributed by atoms with Crippen molar-refractivity contribution in [1.29, 1.82) is 0 Å². The van der Waals surface area contributed by atoms with Gasteiger partial charge in [0.2, 0.25) is 0 Å². The summed E-state index contributed by atoms with van der Waals surface area (Å²) in [7, 11) is 1.61. The second kappa shape index (κ2) is 8.21. The molecule has 0 fully saturated rings. The molecular formula is C18H15N3O4S. The number of nitrogens with zero attached hydrogens (tertiary/aromatic N) is 2. The van der Waals surface area contributed by atoms with Crippen molar-refractivity contribution in [2.45, 2.75) is 0 Å². The number of hydrogen-bond donors (Lipinski definition) is 1. The first kappa shape index (κ1) is 17.6. The molecule has 3 rings (SSSR count). The summed E-state index contributed by atoms with van der Waals surface area (Å²) < 4.78 is 10.2. The molecule has 3 aromatic rings. The zero-order valence-electron chi connectivity index (χ0n) is 13.8. The van der Waals surface area contributed by atoms with Crippen LogP contribution in [0.1, 0.15) is 10.5 Å². The molecule has 1 N–H and O–H groups in total. The van der Waals surface area contributed by atoms with Crippen molar-refractivity contribution in [1.82, 2.24) is 9.97 Å². The number of thiazole rings is 1. The summed E-state index contributed by atoms with van der Waals surface area (Å²) in [6.07, 6.45) is 2.03. The molecule has 2 heterocycles. The SMILES string of the molecule is COc1ccc(-c2csc(NC(=O)c3ccc(OCC=O)cn3)n2)cc1. The van der Waals surface area contributed by atoms with Gasteiger partial charge in [-0.2, -0.15) is 0 Å². The number of aldehydes is 1. The molecule has 26 heavy (non-hydrogen) atoms. The summed E-state index contributed by atoms with van der Waals surface area (Å²) in [5, 5.41) is 5.06. The molecule has 0 aliphatic heterocycles. The number of carbonyl (C=O) groups excluding carboxylic acids is 2. The van der Waals surface area contributed by atoms with E-state index < -0.39 is 0 Å². The molecule has 0 radical (unpaired) electrons. The highest BCUT2D eigenvalue weighted by atomic mass is 32.1. The number of nitrogens with one attached hydrogen (secondary N) is 1. The summed E-state index contributed by atoms with van der Waals surface area (Å²) in [6, 6.07) is 10.6. The first-order chi connectivity index (χ1) is 12.7. The van der Waals surface area contributed by atoms with Gasteiger partial charge in [-0.05, 0) is 36.4 Å². The third-order valence-corrected chi connectivity index (χ3v) is 4.16. The Morgan fingerprint density at radius 3 is 2.62 bits per heavy atom. The molecule has 0 spiro atoms. The predicted molar refractivity (Wildman–Crippen MR) is 97.9 cm³/mol. The number of ether oxygens (including phenoxy) is 2. The summed E-state index contributed by atoms with van der Waals surface area (Å²) >= 11 is 1.33. The number of amides is 1. The lowest BCUT2D eigenvalue weighted by molar-refractivity contribution is -0.109. The van der Waals surface area contributed by atoms with E-state index in [0.29, 0.717) is 17.2 Å². The van der Waals surface area contributed by atoms with Gasteiger partial charge >= 0.3 is 0 Å². The van der Waals surface area contributed by atoms with Crippen LogP contribution in [-0.4, -0.2) is 35.9 Å². The van der Waals surface area contributed by atoms with E-state index in [4.69, 9.17) is 9.47 Å². The minimum atomic E-state index is -0.373. The standard InChI is InChI=1S/C18H15N3O4S/c1-24-13-4-2-12(3-5-13)16-11-26-18(20-16)21-17(23)15-7-6-14(10-19-15)25-9-8-22/h2-8,10-11H,9H2,1H3,(H,20,21,23). The fraction of sp³-hybridized carbons (Fsp3) is 0.111. The molecule has 0 aliphatic carbocycles. The van der Waals surface area contributed by atoms with Crippen LogP contribution in [0.25, 0.3) is 11.3 Å². The first-order valence-electron chi connectivity index (χ1n) is 7.63. The van der Waals surface area contributed by atoms with Crippen LogP contribution < -0.4 is 14.8 Å². The van der Waals surface area contributed by atoms with Gasteiger partial charge in [0.15, 0.2) is 11.4 Å². The summed E-state index contributed by atoms with van der Waals surface area (Å²) in [5.74, 6) is 0.816. The molecule has 2 aromatic heterocycles. The van der Waals surface area contributed by atoms with Crippen LogP contribution in [-0.2, 0) is 4.79 Å². The maximum atomic E-state index is 12.2. The molecule has 0 unspecified atom stereocenters. The fourth-order valence-corrected chi connectivity index (χ4v) is 2.83. The normalized spacial score (nSPS) is 10.2. The quantitative estimate of drug-likeness (QED) is 0.644. The van der Waals surface area contributed by atoms with Crippen molar-refractivity contribution in [3.63, 3.8) is 0 Å². The highest BCUT2D eigenvalue weighted by molar-refractivity contribution is 7.14. The van der Waals surface area contributed by atoms with Crippen LogP contribution in [0, 0.1) is 0 Å². The topological polar surface area (TPSA) is 90.4 Å². The second-order valence-corrected chi connectivity index (χ2v) is 5.94. The molecule has 0 aliphatic rings. The fourth-order valence-electron chi connectivity index (χ4n) is 2.12.